The first-order chi connectivity index (χ1) is 9.29. The van der Waals surface area contributed by atoms with Gasteiger partial charge in [-0.25, -0.2) is 12.8 Å². The van der Waals surface area contributed by atoms with Gasteiger partial charge in [0.15, 0.2) is 0 Å². The Morgan fingerprint density at radius 3 is 2.55 bits per heavy atom. The maximum absolute atomic E-state index is 13.2. The van der Waals surface area contributed by atoms with Gasteiger partial charge in [0.2, 0.25) is 0 Å². The molecule has 0 amide bonds. The zero-order valence-corrected chi connectivity index (χ0v) is 13.1. The van der Waals surface area contributed by atoms with Gasteiger partial charge in [0, 0.05) is 4.47 Å². The lowest BCUT2D eigenvalue weighted by Crippen LogP contribution is -2.14. The third-order valence-corrected chi connectivity index (χ3v) is 4.78. The van der Waals surface area contributed by atoms with E-state index >= 15 is 0 Å². The molecule has 0 fully saturated rings. The normalized spacial score (nSPS) is 11.3. The van der Waals surface area contributed by atoms with E-state index in [1.54, 1.807) is 12.1 Å². The highest BCUT2D eigenvalue weighted by atomic mass is 79.9. The Labute approximate surface area is 128 Å². The van der Waals surface area contributed by atoms with E-state index in [1.165, 1.54) is 12.1 Å². The van der Waals surface area contributed by atoms with Gasteiger partial charge < -0.3 is 5.73 Å². The van der Waals surface area contributed by atoms with Crippen LogP contribution < -0.4 is 10.5 Å². The molecule has 0 saturated carbocycles. The molecular formula is C12H9BrClFN2O2S. The maximum Gasteiger partial charge on any atom is 0.263 e. The van der Waals surface area contributed by atoms with E-state index in [4.69, 9.17) is 17.3 Å². The molecule has 4 nitrogen and oxygen atoms in total. The first-order valence-electron chi connectivity index (χ1n) is 5.32. The zero-order valence-electron chi connectivity index (χ0n) is 9.90. The van der Waals surface area contributed by atoms with Crippen LogP contribution in [0.3, 0.4) is 0 Å². The van der Waals surface area contributed by atoms with Crippen molar-refractivity contribution in [3.63, 3.8) is 0 Å². The fourth-order valence-corrected chi connectivity index (χ4v) is 3.49. The lowest BCUT2D eigenvalue weighted by molar-refractivity contribution is 0.595. The fourth-order valence-electron chi connectivity index (χ4n) is 1.51. The molecule has 0 atom stereocenters. The molecule has 0 aromatic heterocycles. The second kappa shape index (κ2) is 5.59. The van der Waals surface area contributed by atoms with Crippen molar-refractivity contribution in [1.29, 1.82) is 0 Å². The number of nitrogen functional groups attached to an aromatic ring is 1. The van der Waals surface area contributed by atoms with Gasteiger partial charge in [0.1, 0.15) is 10.7 Å². The summed E-state index contributed by atoms with van der Waals surface area (Å²) in [6.45, 7) is 0. The lowest BCUT2D eigenvalue weighted by Gasteiger charge is -2.11. The molecule has 0 saturated heterocycles. The largest absolute Gasteiger partial charge is 0.397 e. The van der Waals surface area contributed by atoms with Crippen molar-refractivity contribution in [3.8, 4) is 0 Å². The monoisotopic (exact) mass is 378 g/mol. The summed E-state index contributed by atoms with van der Waals surface area (Å²) in [5, 5.41) is -0.0745. The van der Waals surface area contributed by atoms with Gasteiger partial charge in [-0.1, -0.05) is 27.5 Å². The number of sulfonamides is 1. The van der Waals surface area contributed by atoms with E-state index in [0.717, 1.165) is 12.1 Å². The third kappa shape index (κ3) is 3.23. The molecule has 0 aliphatic heterocycles. The van der Waals surface area contributed by atoms with Gasteiger partial charge in [0.25, 0.3) is 10.0 Å². The van der Waals surface area contributed by atoms with Gasteiger partial charge in [0.05, 0.1) is 16.4 Å². The smallest absolute Gasteiger partial charge is 0.263 e. The number of anilines is 2. The maximum atomic E-state index is 13.2. The van der Waals surface area contributed by atoms with Crippen LogP contribution in [0.5, 0.6) is 0 Å². The minimum absolute atomic E-state index is 0.0745. The van der Waals surface area contributed by atoms with Crippen molar-refractivity contribution in [2.45, 2.75) is 4.90 Å². The first-order valence-corrected chi connectivity index (χ1v) is 7.98. The number of nitrogens with one attached hydrogen (secondary N) is 1. The van der Waals surface area contributed by atoms with E-state index in [9.17, 15) is 12.8 Å². The fraction of sp³-hybridized carbons (Fsp3) is 0. The lowest BCUT2D eigenvalue weighted by atomic mass is 10.3. The molecule has 2 aromatic rings. The number of hydrogen-bond donors (Lipinski definition) is 2. The number of halogens is 3. The molecule has 106 valence electrons. The molecule has 2 aromatic carbocycles. The summed E-state index contributed by atoms with van der Waals surface area (Å²) in [5.41, 5.74) is 6.13. The minimum Gasteiger partial charge on any atom is -0.397 e. The van der Waals surface area contributed by atoms with Gasteiger partial charge in [-0.2, -0.15) is 0 Å². The van der Waals surface area contributed by atoms with Crippen LogP contribution in [0.2, 0.25) is 5.02 Å². The summed E-state index contributed by atoms with van der Waals surface area (Å²) in [6.07, 6.45) is 0. The highest BCUT2D eigenvalue weighted by molar-refractivity contribution is 9.10. The molecule has 0 aliphatic rings. The van der Waals surface area contributed by atoms with Crippen molar-refractivity contribution in [1.82, 2.24) is 0 Å². The van der Waals surface area contributed by atoms with Crippen LogP contribution in [0.4, 0.5) is 15.8 Å². The summed E-state index contributed by atoms with van der Waals surface area (Å²) in [5.74, 6) is -0.696. The second-order valence-electron chi connectivity index (χ2n) is 3.91. The van der Waals surface area contributed by atoms with Crippen LogP contribution in [-0.2, 0) is 10.0 Å². The van der Waals surface area contributed by atoms with Crippen molar-refractivity contribution >= 4 is 48.9 Å². The van der Waals surface area contributed by atoms with Gasteiger partial charge in [-0.15, -0.1) is 0 Å². The third-order valence-electron chi connectivity index (χ3n) is 2.44. The molecule has 20 heavy (non-hydrogen) atoms. The summed E-state index contributed by atoms with van der Waals surface area (Å²) in [7, 11) is -4.02. The van der Waals surface area contributed by atoms with Crippen LogP contribution in [-0.4, -0.2) is 8.42 Å². The highest BCUT2D eigenvalue weighted by Crippen LogP contribution is 2.28. The number of rotatable bonds is 3. The predicted molar refractivity (Wildman–Crippen MR) is 80.8 cm³/mol. The summed E-state index contributed by atoms with van der Waals surface area (Å²) < 4.78 is 40.5. The molecule has 8 heteroatoms. The van der Waals surface area contributed by atoms with Crippen LogP contribution in [0.1, 0.15) is 0 Å². The van der Waals surface area contributed by atoms with Gasteiger partial charge in [-0.05, 0) is 36.4 Å². The van der Waals surface area contributed by atoms with E-state index in [1.807, 2.05) is 0 Å². The first kappa shape index (κ1) is 15.1. The molecule has 0 radical (unpaired) electrons. The molecule has 3 N–H and O–H groups in total. The molecule has 0 bridgehead atoms. The molecule has 2 rings (SSSR count). The van der Waals surface area contributed by atoms with Gasteiger partial charge >= 0.3 is 0 Å². The van der Waals surface area contributed by atoms with E-state index in [-0.39, 0.29) is 21.3 Å². The zero-order chi connectivity index (χ0) is 14.9. The Hall–Kier alpha value is -1.31. The number of nitrogens with two attached hydrogens (primary N) is 1. The Balaban J connectivity index is 2.43. The minimum atomic E-state index is -4.02. The van der Waals surface area contributed by atoms with Crippen LogP contribution in [0.15, 0.2) is 45.8 Å². The summed E-state index contributed by atoms with van der Waals surface area (Å²) in [6, 6.07) is 7.77. The molecular weight excluding hydrogens is 371 g/mol. The van der Waals surface area contributed by atoms with Gasteiger partial charge in [-0.3, -0.25) is 4.72 Å². The molecule has 0 unspecified atom stereocenters. The van der Waals surface area contributed by atoms with E-state index in [0.29, 0.717) is 4.47 Å². The van der Waals surface area contributed by atoms with Crippen molar-refractivity contribution < 1.29 is 12.8 Å². The second-order valence-corrected chi connectivity index (χ2v) is 6.89. The number of benzene rings is 2. The Morgan fingerprint density at radius 2 is 1.90 bits per heavy atom. The number of hydrogen-bond acceptors (Lipinski definition) is 3. The van der Waals surface area contributed by atoms with Crippen molar-refractivity contribution in [2.75, 3.05) is 10.5 Å². The van der Waals surface area contributed by atoms with Crippen molar-refractivity contribution in [2.24, 2.45) is 0 Å². The molecule has 0 aliphatic carbocycles. The summed E-state index contributed by atoms with van der Waals surface area (Å²) in [4.78, 5) is -0.346. The Morgan fingerprint density at radius 1 is 1.20 bits per heavy atom. The standard InChI is InChI=1S/C12H9BrClFN2O2S/c13-7-1-4-11(10(16)5-7)17-20(18,19)12-6-8(15)2-3-9(12)14/h1-6,17H,16H2. The Kier molecular flexibility index (Phi) is 4.22. The predicted octanol–water partition coefficient (Wildman–Crippen LogP) is 3.62. The summed E-state index contributed by atoms with van der Waals surface area (Å²) >= 11 is 9.00. The van der Waals surface area contributed by atoms with E-state index in [2.05, 4.69) is 20.7 Å². The SMILES string of the molecule is Nc1cc(Br)ccc1NS(=O)(=O)c1cc(F)ccc1Cl. The highest BCUT2D eigenvalue weighted by Gasteiger charge is 2.19. The molecule has 0 heterocycles. The van der Waals surface area contributed by atoms with Crippen LogP contribution in [0.25, 0.3) is 0 Å². The van der Waals surface area contributed by atoms with Crippen molar-refractivity contribution in [3.05, 3.63) is 51.7 Å². The average molecular weight is 380 g/mol. The van der Waals surface area contributed by atoms with Crippen LogP contribution in [0, 0.1) is 5.82 Å². The molecule has 0 spiro atoms. The van der Waals surface area contributed by atoms with Crippen LogP contribution >= 0.6 is 27.5 Å². The van der Waals surface area contributed by atoms with E-state index < -0.39 is 15.8 Å². The quantitative estimate of drug-likeness (QED) is 0.800. The average Bonchev–Trinajstić information content (AvgIpc) is 2.35. The Bertz CT molecular complexity index is 768. The topological polar surface area (TPSA) is 72.2 Å².